The molecule has 0 aromatic carbocycles. The Morgan fingerprint density at radius 2 is 1.88 bits per heavy atom. The number of hydrogen-bond acceptors (Lipinski definition) is 6. The number of nitrogens with one attached hydrogen (secondary N) is 2. The van der Waals surface area contributed by atoms with Gasteiger partial charge in [0.1, 0.15) is 17.4 Å². The summed E-state index contributed by atoms with van der Waals surface area (Å²) in [6, 6.07) is -1.59. The Labute approximate surface area is 141 Å². The van der Waals surface area contributed by atoms with Gasteiger partial charge in [0.25, 0.3) is 0 Å². The molecule has 0 heterocycles. The van der Waals surface area contributed by atoms with Crippen LogP contribution in [0.5, 0.6) is 0 Å². The third-order valence-corrected chi connectivity index (χ3v) is 3.46. The molecule has 1 fully saturated rings. The van der Waals surface area contributed by atoms with Gasteiger partial charge < -0.3 is 20.1 Å². The molecule has 8 nitrogen and oxygen atoms in total. The van der Waals surface area contributed by atoms with Crippen molar-refractivity contribution in [1.82, 2.24) is 10.6 Å². The van der Waals surface area contributed by atoms with Gasteiger partial charge in [-0.15, -0.1) is 0 Å². The van der Waals surface area contributed by atoms with Crippen LogP contribution in [0.3, 0.4) is 0 Å². The molecule has 0 bridgehead atoms. The van der Waals surface area contributed by atoms with Crippen molar-refractivity contribution in [2.24, 2.45) is 5.92 Å². The number of ether oxygens (including phenoxy) is 2. The molecular formula is C16H26N2O6. The second-order valence-electron chi connectivity index (χ2n) is 6.79. The number of carbonyl (C=O) groups is 4. The minimum Gasteiger partial charge on any atom is -0.464 e. The summed E-state index contributed by atoms with van der Waals surface area (Å²) in [5.74, 6) is -1.71. The van der Waals surface area contributed by atoms with E-state index < -0.39 is 41.6 Å². The van der Waals surface area contributed by atoms with Crippen LogP contribution in [0.4, 0.5) is 4.79 Å². The van der Waals surface area contributed by atoms with E-state index >= 15 is 0 Å². The molecule has 1 aliphatic carbocycles. The van der Waals surface area contributed by atoms with Crippen molar-refractivity contribution in [3.63, 3.8) is 0 Å². The Morgan fingerprint density at radius 3 is 2.38 bits per heavy atom. The van der Waals surface area contributed by atoms with Gasteiger partial charge in [-0.25, -0.2) is 9.59 Å². The molecule has 0 radical (unpaired) electrons. The number of amides is 2. The van der Waals surface area contributed by atoms with E-state index in [4.69, 9.17) is 9.47 Å². The lowest BCUT2D eigenvalue weighted by molar-refractivity contribution is -0.149. The Morgan fingerprint density at radius 1 is 1.25 bits per heavy atom. The van der Waals surface area contributed by atoms with Gasteiger partial charge in [-0.05, 0) is 27.7 Å². The van der Waals surface area contributed by atoms with Gasteiger partial charge in [0.15, 0.2) is 0 Å². The second kappa shape index (κ2) is 8.12. The SMILES string of the molecule is CCOC(=O)C(NC(C)=O)[C@@H]1CC(=O)C[C@H]1NC(=O)OC(C)(C)C. The predicted molar refractivity (Wildman–Crippen MR) is 85.1 cm³/mol. The van der Waals surface area contributed by atoms with E-state index in [1.54, 1.807) is 27.7 Å². The van der Waals surface area contributed by atoms with E-state index in [9.17, 15) is 19.2 Å². The van der Waals surface area contributed by atoms with E-state index in [0.717, 1.165) is 0 Å². The second-order valence-corrected chi connectivity index (χ2v) is 6.79. The maximum atomic E-state index is 12.1. The van der Waals surface area contributed by atoms with Crippen molar-refractivity contribution in [2.75, 3.05) is 6.61 Å². The van der Waals surface area contributed by atoms with Crippen LogP contribution in [-0.4, -0.2) is 48.0 Å². The van der Waals surface area contributed by atoms with Crippen LogP contribution < -0.4 is 10.6 Å². The highest BCUT2D eigenvalue weighted by Gasteiger charge is 2.43. The Kier molecular flexibility index (Phi) is 6.74. The normalized spacial score (nSPS) is 21.8. The summed E-state index contributed by atoms with van der Waals surface area (Å²) in [5.41, 5.74) is -0.680. The van der Waals surface area contributed by atoms with Crippen molar-refractivity contribution in [1.29, 1.82) is 0 Å². The summed E-state index contributed by atoms with van der Waals surface area (Å²) < 4.78 is 10.2. The zero-order chi connectivity index (χ0) is 18.5. The molecule has 0 aromatic rings. The highest BCUT2D eigenvalue weighted by Crippen LogP contribution is 2.27. The molecule has 2 amide bonds. The number of esters is 1. The number of carbonyl (C=O) groups excluding carboxylic acids is 4. The number of Topliss-reactive ketones (excluding diaryl/α,β-unsaturated/α-hetero) is 1. The number of rotatable bonds is 5. The third kappa shape index (κ3) is 6.17. The van der Waals surface area contributed by atoms with E-state index in [-0.39, 0.29) is 25.2 Å². The van der Waals surface area contributed by atoms with Crippen LogP contribution in [0.2, 0.25) is 0 Å². The monoisotopic (exact) mass is 342 g/mol. The lowest BCUT2D eigenvalue weighted by Gasteiger charge is -2.28. The minimum atomic E-state index is -0.992. The van der Waals surface area contributed by atoms with Crippen LogP contribution in [-0.2, 0) is 23.9 Å². The van der Waals surface area contributed by atoms with Gasteiger partial charge in [-0.2, -0.15) is 0 Å². The first kappa shape index (κ1) is 19.9. The van der Waals surface area contributed by atoms with Gasteiger partial charge in [0, 0.05) is 31.7 Å². The minimum absolute atomic E-state index is 0.0736. The zero-order valence-electron chi connectivity index (χ0n) is 14.8. The Hall–Kier alpha value is -2.12. The molecule has 24 heavy (non-hydrogen) atoms. The van der Waals surface area contributed by atoms with Crippen LogP contribution in [0.15, 0.2) is 0 Å². The summed E-state index contributed by atoms with van der Waals surface area (Å²) in [5, 5.41) is 5.15. The van der Waals surface area contributed by atoms with Crippen LogP contribution in [0, 0.1) is 5.92 Å². The summed E-state index contributed by atoms with van der Waals surface area (Å²) in [6.07, 6.45) is -0.512. The molecule has 0 aliphatic heterocycles. The number of alkyl carbamates (subject to hydrolysis) is 1. The zero-order valence-corrected chi connectivity index (χ0v) is 14.8. The van der Waals surface area contributed by atoms with Gasteiger partial charge in [0.2, 0.25) is 5.91 Å². The van der Waals surface area contributed by atoms with Crippen LogP contribution in [0.1, 0.15) is 47.5 Å². The fourth-order valence-corrected chi connectivity index (χ4v) is 2.64. The van der Waals surface area contributed by atoms with Crippen molar-refractivity contribution in [2.45, 2.75) is 65.1 Å². The first-order valence-electron chi connectivity index (χ1n) is 7.98. The Bertz CT molecular complexity index is 511. The van der Waals surface area contributed by atoms with E-state index in [1.807, 2.05) is 0 Å². The molecule has 1 unspecified atom stereocenters. The van der Waals surface area contributed by atoms with Crippen molar-refractivity contribution in [3.05, 3.63) is 0 Å². The number of ketones is 1. The average Bonchev–Trinajstić information content (AvgIpc) is 2.74. The van der Waals surface area contributed by atoms with E-state index in [2.05, 4.69) is 10.6 Å². The molecule has 0 saturated heterocycles. The maximum Gasteiger partial charge on any atom is 0.407 e. The van der Waals surface area contributed by atoms with Crippen molar-refractivity contribution < 1.29 is 28.7 Å². The summed E-state index contributed by atoms with van der Waals surface area (Å²) >= 11 is 0. The molecule has 8 heteroatoms. The standard InChI is InChI=1S/C16H26N2O6/c1-6-23-14(21)13(17-9(2)19)11-7-10(20)8-12(11)18-15(22)24-16(3,4)5/h11-13H,6-8H2,1-5H3,(H,17,19)(H,18,22)/t11-,12-,13?/m1/s1. The van der Waals surface area contributed by atoms with E-state index in [0.29, 0.717) is 0 Å². The summed E-state index contributed by atoms with van der Waals surface area (Å²) in [7, 11) is 0. The largest absolute Gasteiger partial charge is 0.464 e. The summed E-state index contributed by atoms with van der Waals surface area (Å²) in [6.45, 7) is 8.26. The molecular weight excluding hydrogens is 316 g/mol. The molecule has 1 aliphatic rings. The quantitative estimate of drug-likeness (QED) is 0.719. The van der Waals surface area contributed by atoms with Crippen LogP contribution in [0.25, 0.3) is 0 Å². The first-order valence-corrected chi connectivity index (χ1v) is 7.98. The molecule has 1 rings (SSSR count). The molecule has 3 atom stereocenters. The fourth-order valence-electron chi connectivity index (χ4n) is 2.64. The summed E-state index contributed by atoms with van der Waals surface area (Å²) in [4.78, 5) is 47.3. The maximum absolute atomic E-state index is 12.1. The van der Waals surface area contributed by atoms with Gasteiger partial charge in [-0.1, -0.05) is 0 Å². The molecule has 1 saturated carbocycles. The first-order chi connectivity index (χ1) is 11.0. The topological polar surface area (TPSA) is 111 Å². The van der Waals surface area contributed by atoms with Crippen LogP contribution >= 0.6 is 0 Å². The smallest absolute Gasteiger partial charge is 0.407 e. The van der Waals surface area contributed by atoms with Gasteiger partial charge in [-0.3, -0.25) is 9.59 Å². The highest BCUT2D eigenvalue weighted by molar-refractivity contribution is 5.88. The van der Waals surface area contributed by atoms with Crippen molar-refractivity contribution >= 4 is 23.8 Å². The highest BCUT2D eigenvalue weighted by atomic mass is 16.6. The molecule has 0 aromatic heterocycles. The van der Waals surface area contributed by atoms with Gasteiger partial charge >= 0.3 is 12.1 Å². The average molecular weight is 342 g/mol. The van der Waals surface area contributed by atoms with Crippen molar-refractivity contribution in [3.8, 4) is 0 Å². The Balaban J connectivity index is 2.89. The molecule has 2 N–H and O–H groups in total. The van der Waals surface area contributed by atoms with Gasteiger partial charge in [0.05, 0.1) is 6.61 Å². The molecule has 136 valence electrons. The lowest BCUT2D eigenvalue weighted by atomic mass is 9.94. The third-order valence-electron chi connectivity index (χ3n) is 3.46. The lowest BCUT2D eigenvalue weighted by Crippen LogP contribution is -2.52. The van der Waals surface area contributed by atoms with E-state index in [1.165, 1.54) is 6.92 Å². The number of hydrogen-bond donors (Lipinski definition) is 2. The fraction of sp³-hybridized carbons (Fsp3) is 0.750. The molecule has 0 spiro atoms. The predicted octanol–water partition coefficient (Wildman–Crippen LogP) is 0.927.